The number of anilines is 2. The third kappa shape index (κ3) is 4.44. The Morgan fingerprint density at radius 2 is 1.87 bits per heavy atom. The molecule has 10 heteroatoms. The summed E-state index contributed by atoms with van der Waals surface area (Å²) in [5.41, 5.74) is 1.33. The van der Waals surface area contributed by atoms with Gasteiger partial charge in [-0.2, -0.15) is 0 Å². The number of cyclic esters (lactones) is 1. The summed E-state index contributed by atoms with van der Waals surface area (Å²) in [7, 11) is 0. The Bertz CT molecular complexity index is 1000. The van der Waals surface area contributed by atoms with Gasteiger partial charge in [-0.05, 0) is 43.3 Å². The van der Waals surface area contributed by atoms with Crippen LogP contribution in [0.25, 0.3) is 0 Å². The zero-order valence-corrected chi connectivity index (χ0v) is 17.7. The van der Waals surface area contributed by atoms with Crippen LogP contribution in [0.2, 0.25) is 0 Å². The van der Waals surface area contributed by atoms with E-state index in [4.69, 9.17) is 9.47 Å². The van der Waals surface area contributed by atoms with Gasteiger partial charge in [0.1, 0.15) is 12.7 Å². The summed E-state index contributed by atoms with van der Waals surface area (Å²) in [6, 6.07) is 10.5. The lowest BCUT2D eigenvalue weighted by Crippen LogP contribution is -2.41. The first-order chi connectivity index (χ1) is 15.0. The molecule has 3 heterocycles. The third-order valence-corrected chi connectivity index (χ3v) is 6.06. The van der Waals surface area contributed by atoms with Crippen LogP contribution in [-0.2, 0) is 19.1 Å². The summed E-state index contributed by atoms with van der Waals surface area (Å²) in [5.74, 6) is -0.527. The molecule has 0 N–H and O–H groups in total. The lowest BCUT2D eigenvalue weighted by atomic mass is 10.2. The van der Waals surface area contributed by atoms with E-state index < -0.39 is 18.1 Å². The average molecular weight is 443 g/mol. The second-order valence-electron chi connectivity index (χ2n) is 7.20. The van der Waals surface area contributed by atoms with Crippen LogP contribution in [-0.4, -0.2) is 68.2 Å². The fourth-order valence-electron chi connectivity index (χ4n) is 3.52. The molecule has 162 valence electrons. The molecule has 2 aromatic rings. The van der Waals surface area contributed by atoms with E-state index in [2.05, 4.69) is 0 Å². The summed E-state index contributed by atoms with van der Waals surface area (Å²) in [5, 5.41) is 0. The molecular formula is C21H21N3O6S. The van der Waals surface area contributed by atoms with Crippen LogP contribution in [0.5, 0.6) is 0 Å². The molecule has 1 aromatic carbocycles. The Balaban J connectivity index is 1.41. The highest BCUT2D eigenvalue weighted by molar-refractivity contribution is 7.13. The molecule has 0 saturated carbocycles. The van der Waals surface area contributed by atoms with Crippen molar-refractivity contribution in [2.24, 2.45) is 0 Å². The number of ether oxygens (including phenoxy) is 2. The first-order valence-corrected chi connectivity index (χ1v) is 10.6. The van der Waals surface area contributed by atoms with E-state index in [1.807, 2.05) is 13.0 Å². The van der Waals surface area contributed by atoms with Gasteiger partial charge in [0.2, 0.25) is 6.41 Å². The van der Waals surface area contributed by atoms with Gasteiger partial charge in [0.05, 0.1) is 24.6 Å². The van der Waals surface area contributed by atoms with Crippen molar-refractivity contribution in [1.29, 1.82) is 0 Å². The minimum atomic E-state index is -0.636. The highest BCUT2D eigenvalue weighted by atomic mass is 32.1. The number of carbonyl (C=O) groups excluding carboxylic acids is 4. The number of morpholine rings is 1. The Labute approximate surface area is 182 Å². The van der Waals surface area contributed by atoms with Crippen LogP contribution in [0.15, 0.2) is 36.4 Å². The number of imide groups is 1. The zero-order chi connectivity index (χ0) is 22.0. The molecule has 0 spiro atoms. The van der Waals surface area contributed by atoms with Gasteiger partial charge in [-0.25, -0.2) is 4.79 Å². The number of hydrogen-bond donors (Lipinski definition) is 0. The van der Waals surface area contributed by atoms with E-state index >= 15 is 0 Å². The number of amides is 4. The summed E-state index contributed by atoms with van der Waals surface area (Å²) >= 11 is 1.30. The van der Waals surface area contributed by atoms with Crippen molar-refractivity contribution in [3.8, 4) is 0 Å². The van der Waals surface area contributed by atoms with Crippen LogP contribution in [0, 0.1) is 6.92 Å². The Morgan fingerprint density at radius 1 is 1.16 bits per heavy atom. The van der Waals surface area contributed by atoms with Crippen molar-refractivity contribution in [2.45, 2.75) is 13.0 Å². The summed E-state index contributed by atoms with van der Waals surface area (Å²) in [4.78, 5) is 53.9. The maximum atomic E-state index is 12.5. The molecular weight excluding hydrogens is 422 g/mol. The van der Waals surface area contributed by atoms with E-state index in [-0.39, 0.29) is 25.6 Å². The van der Waals surface area contributed by atoms with Crippen LogP contribution in [0.3, 0.4) is 0 Å². The molecule has 31 heavy (non-hydrogen) atoms. The van der Waals surface area contributed by atoms with Gasteiger partial charge in [0.25, 0.3) is 11.8 Å². The monoisotopic (exact) mass is 443 g/mol. The number of nitrogens with zero attached hydrogens (tertiary/aromatic N) is 3. The topological polar surface area (TPSA) is 96.5 Å². The van der Waals surface area contributed by atoms with Gasteiger partial charge in [-0.1, -0.05) is 0 Å². The van der Waals surface area contributed by atoms with Gasteiger partial charge >= 0.3 is 6.09 Å². The van der Waals surface area contributed by atoms with Crippen LogP contribution >= 0.6 is 11.3 Å². The number of rotatable bonds is 6. The lowest BCUT2D eigenvalue weighted by Gasteiger charge is -2.27. The molecule has 0 unspecified atom stereocenters. The molecule has 0 radical (unpaired) electrons. The van der Waals surface area contributed by atoms with E-state index in [1.165, 1.54) is 16.2 Å². The van der Waals surface area contributed by atoms with Crippen molar-refractivity contribution in [3.63, 3.8) is 0 Å². The van der Waals surface area contributed by atoms with Gasteiger partial charge in [-0.15, -0.1) is 11.3 Å². The van der Waals surface area contributed by atoms with Gasteiger partial charge in [-0.3, -0.25) is 24.2 Å². The molecule has 0 aliphatic carbocycles. The van der Waals surface area contributed by atoms with Gasteiger partial charge in [0.15, 0.2) is 0 Å². The molecule has 2 aliphatic rings. The van der Waals surface area contributed by atoms with E-state index in [1.54, 1.807) is 35.2 Å². The van der Waals surface area contributed by atoms with E-state index in [9.17, 15) is 19.2 Å². The SMILES string of the molecule is Cc1ccc(C(=O)N(C=O)C[C@H]2CN(c3ccc(N4CCOCC4=O)cc3)C(=O)O2)s1. The minimum Gasteiger partial charge on any atom is -0.442 e. The molecule has 4 amide bonds. The summed E-state index contributed by atoms with van der Waals surface area (Å²) < 4.78 is 10.5. The molecule has 0 bridgehead atoms. The standard InChI is InChI=1S/C21H21N3O6S/c1-14-2-7-18(31-14)20(27)22(13-25)10-17-11-24(21(28)30-17)16-5-3-15(4-6-16)23-8-9-29-12-19(23)26/h2-7,13,17H,8-12H2,1H3/t17-/m0/s1. The van der Waals surface area contributed by atoms with Crippen molar-refractivity contribution >= 4 is 47.0 Å². The smallest absolute Gasteiger partial charge is 0.414 e. The minimum absolute atomic E-state index is 0.0259. The van der Waals surface area contributed by atoms with Crippen LogP contribution in [0.1, 0.15) is 14.5 Å². The Hall–Kier alpha value is -3.24. The second-order valence-corrected chi connectivity index (χ2v) is 8.49. The maximum Gasteiger partial charge on any atom is 0.414 e. The number of carbonyl (C=O) groups is 4. The summed E-state index contributed by atoms with van der Waals surface area (Å²) in [6.07, 6.45) is -0.726. The number of hydrogen-bond acceptors (Lipinski definition) is 7. The van der Waals surface area contributed by atoms with E-state index in [0.717, 1.165) is 15.5 Å². The van der Waals surface area contributed by atoms with E-state index in [0.29, 0.717) is 30.1 Å². The van der Waals surface area contributed by atoms with Crippen LogP contribution < -0.4 is 9.80 Å². The number of aryl methyl sites for hydroxylation is 1. The third-order valence-electron chi connectivity index (χ3n) is 5.07. The van der Waals surface area contributed by atoms with Crippen molar-refractivity contribution in [3.05, 3.63) is 46.2 Å². The van der Waals surface area contributed by atoms with Crippen molar-refractivity contribution in [1.82, 2.24) is 4.90 Å². The largest absolute Gasteiger partial charge is 0.442 e. The fraction of sp³-hybridized carbons (Fsp3) is 0.333. The Kier molecular flexibility index (Phi) is 6.01. The molecule has 9 nitrogen and oxygen atoms in total. The highest BCUT2D eigenvalue weighted by Gasteiger charge is 2.35. The van der Waals surface area contributed by atoms with Crippen molar-refractivity contribution in [2.75, 3.05) is 42.6 Å². The predicted molar refractivity (Wildman–Crippen MR) is 113 cm³/mol. The normalized spacial score (nSPS) is 18.8. The lowest BCUT2D eigenvalue weighted by molar-refractivity contribution is -0.125. The number of thiophene rings is 1. The van der Waals surface area contributed by atoms with Gasteiger partial charge in [0, 0.05) is 22.8 Å². The maximum absolute atomic E-state index is 12.5. The average Bonchev–Trinajstić information content (AvgIpc) is 3.37. The molecule has 2 fully saturated rings. The molecule has 4 rings (SSSR count). The first-order valence-electron chi connectivity index (χ1n) is 9.75. The van der Waals surface area contributed by atoms with Crippen molar-refractivity contribution < 1.29 is 28.7 Å². The molecule has 1 atom stereocenters. The van der Waals surface area contributed by atoms with Crippen LogP contribution in [0.4, 0.5) is 16.2 Å². The highest BCUT2D eigenvalue weighted by Crippen LogP contribution is 2.26. The molecule has 2 aliphatic heterocycles. The predicted octanol–water partition coefficient (Wildman–Crippen LogP) is 2.04. The fourth-order valence-corrected chi connectivity index (χ4v) is 4.34. The first kappa shape index (κ1) is 21.0. The number of benzene rings is 1. The molecule has 2 saturated heterocycles. The zero-order valence-electron chi connectivity index (χ0n) is 16.9. The Morgan fingerprint density at radius 3 is 2.48 bits per heavy atom. The summed E-state index contributed by atoms with van der Waals surface area (Å²) in [6.45, 7) is 3.07. The second kappa shape index (κ2) is 8.86. The van der Waals surface area contributed by atoms with Gasteiger partial charge < -0.3 is 14.4 Å². The molecule has 1 aromatic heterocycles. The quantitative estimate of drug-likeness (QED) is 0.634.